The van der Waals surface area contributed by atoms with E-state index < -0.39 is 6.72 Å². The predicted molar refractivity (Wildman–Crippen MR) is 127 cm³/mol. The van der Waals surface area contributed by atoms with Gasteiger partial charge in [0.25, 0.3) is 0 Å². The highest BCUT2D eigenvalue weighted by Gasteiger charge is 2.20. The van der Waals surface area contributed by atoms with Gasteiger partial charge in [-0.15, -0.1) is 0 Å². The molecule has 0 spiro atoms. The third kappa shape index (κ3) is 19.8. The van der Waals surface area contributed by atoms with E-state index >= 15 is 0 Å². The predicted octanol–water partition coefficient (Wildman–Crippen LogP) is 8.54. The lowest BCUT2D eigenvalue weighted by Gasteiger charge is -2.22. The van der Waals surface area contributed by atoms with Gasteiger partial charge in [-0.05, 0) is 44.4 Å². The SMILES string of the molecule is CCCCCCCCCCC(CCCCCCCC)COP(O)(=S)OC(C)C. The van der Waals surface area contributed by atoms with E-state index in [0.717, 1.165) is 0 Å². The van der Waals surface area contributed by atoms with E-state index in [-0.39, 0.29) is 6.10 Å². The van der Waals surface area contributed by atoms with Crippen molar-refractivity contribution in [1.29, 1.82) is 0 Å². The fraction of sp³-hybridized carbons (Fsp3) is 1.00. The van der Waals surface area contributed by atoms with Crippen molar-refractivity contribution in [2.24, 2.45) is 5.92 Å². The van der Waals surface area contributed by atoms with Crippen molar-refractivity contribution >= 4 is 18.5 Å². The lowest BCUT2D eigenvalue weighted by Crippen LogP contribution is -2.11. The lowest BCUT2D eigenvalue weighted by atomic mass is 9.95. The lowest BCUT2D eigenvalue weighted by molar-refractivity contribution is 0.139. The Morgan fingerprint density at radius 1 is 0.714 bits per heavy atom. The molecule has 2 unspecified atom stereocenters. The minimum absolute atomic E-state index is 0.0967. The van der Waals surface area contributed by atoms with Crippen LogP contribution in [0.5, 0.6) is 0 Å². The van der Waals surface area contributed by atoms with Crippen LogP contribution in [0.1, 0.15) is 130 Å². The summed E-state index contributed by atoms with van der Waals surface area (Å²) in [6.07, 6.45) is 21.0. The van der Waals surface area contributed by atoms with E-state index in [9.17, 15) is 4.89 Å². The monoisotopic (exact) mass is 436 g/mol. The zero-order valence-corrected chi connectivity index (χ0v) is 21.0. The quantitative estimate of drug-likeness (QED) is 0.144. The maximum atomic E-state index is 10.2. The summed E-state index contributed by atoms with van der Waals surface area (Å²) in [6.45, 7) is 5.76. The van der Waals surface area contributed by atoms with Crippen molar-refractivity contribution < 1.29 is 13.9 Å². The molecule has 0 radical (unpaired) electrons. The molecule has 2 atom stereocenters. The van der Waals surface area contributed by atoms with Crippen molar-refractivity contribution in [1.82, 2.24) is 0 Å². The number of unbranched alkanes of at least 4 members (excludes halogenated alkanes) is 12. The highest BCUT2D eigenvalue weighted by molar-refractivity contribution is 8.07. The second kappa shape index (κ2) is 19.5. The van der Waals surface area contributed by atoms with Crippen LogP contribution in [0.3, 0.4) is 0 Å². The fourth-order valence-electron chi connectivity index (χ4n) is 3.59. The Balaban J connectivity index is 4.12. The molecule has 0 rings (SSSR count). The van der Waals surface area contributed by atoms with Gasteiger partial charge in [0.2, 0.25) is 0 Å². The molecule has 0 aliphatic heterocycles. The van der Waals surface area contributed by atoms with Gasteiger partial charge in [-0.3, -0.25) is 0 Å². The molecule has 28 heavy (non-hydrogen) atoms. The van der Waals surface area contributed by atoms with Gasteiger partial charge < -0.3 is 13.9 Å². The van der Waals surface area contributed by atoms with Crippen molar-refractivity contribution in [3.05, 3.63) is 0 Å². The van der Waals surface area contributed by atoms with Crippen LogP contribution in [-0.4, -0.2) is 17.6 Å². The first-order valence-electron chi connectivity index (χ1n) is 12.1. The van der Waals surface area contributed by atoms with Crippen molar-refractivity contribution in [3.63, 3.8) is 0 Å². The highest BCUT2D eigenvalue weighted by atomic mass is 32.5. The molecule has 0 fully saturated rings. The Morgan fingerprint density at radius 3 is 1.50 bits per heavy atom. The van der Waals surface area contributed by atoms with Crippen LogP contribution in [0.4, 0.5) is 0 Å². The zero-order chi connectivity index (χ0) is 21.1. The Labute approximate surface area is 181 Å². The van der Waals surface area contributed by atoms with Gasteiger partial charge in [0, 0.05) is 0 Å². The van der Waals surface area contributed by atoms with Crippen molar-refractivity contribution in [2.75, 3.05) is 6.61 Å². The van der Waals surface area contributed by atoms with Crippen LogP contribution < -0.4 is 0 Å². The van der Waals surface area contributed by atoms with E-state index in [0.29, 0.717) is 12.5 Å². The molecule has 0 saturated carbocycles. The summed E-state index contributed by atoms with van der Waals surface area (Å²) in [5, 5.41) is 0. The van der Waals surface area contributed by atoms with Gasteiger partial charge in [0.1, 0.15) is 0 Å². The minimum Gasteiger partial charge on any atom is -0.324 e. The maximum Gasteiger partial charge on any atom is 0.324 e. The molecule has 1 N–H and O–H groups in total. The first kappa shape index (κ1) is 28.5. The molecule has 0 aliphatic rings. The van der Waals surface area contributed by atoms with Crippen molar-refractivity contribution in [3.8, 4) is 0 Å². The Bertz CT molecular complexity index is 377. The topological polar surface area (TPSA) is 38.7 Å². The molecule has 3 nitrogen and oxygen atoms in total. The van der Waals surface area contributed by atoms with E-state index in [4.69, 9.17) is 20.9 Å². The summed E-state index contributed by atoms with van der Waals surface area (Å²) in [7, 11) is 0. The molecule has 170 valence electrons. The minimum atomic E-state index is -3.08. The summed E-state index contributed by atoms with van der Waals surface area (Å²) < 4.78 is 11.1. The fourth-order valence-corrected chi connectivity index (χ4v) is 5.28. The molecule has 0 heterocycles. The van der Waals surface area contributed by atoms with E-state index in [1.165, 1.54) is 103 Å². The zero-order valence-electron chi connectivity index (χ0n) is 19.3. The third-order valence-corrected chi connectivity index (χ3v) is 6.99. The molecule has 0 aromatic rings. The normalized spacial score (nSPS) is 15.1. The Kier molecular flexibility index (Phi) is 19.9. The van der Waals surface area contributed by atoms with Crippen LogP contribution >= 0.6 is 6.72 Å². The molecule has 5 heteroatoms. The van der Waals surface area contributed by atoms with Crippen molar-refractivity contribution in [2.45, 2.75) is 137 Å². The van der Waals surface area contributed by atoms with Crippen LogP contribution in [0, 0.1) is 5.92 Å². The average molecular weight is 437 g/mol. The first-order valence-corrected chi connectivity index (χ1v) is 14.7. The summed E-state index contributed by atoms with van der Waals surface area (Å²) in [5.74, 6) is 0.497. The maximum absolute atomic E-state index is 10.2. The van der Waals surface area contributed by atoms with Crippen LogP contribution in [0.15, 0.2) is 0 Å². The first-order chi connectivity index (χ1) is 13.4. The summed E-state index contributed by atoms with van der Waals surface area (Å²) >= 11 is 5.15. The average Bonchev–Trinajstić information content (AvgIpc) is 2.63. The van der Waals surface area contributed by atoms with E-state index in [1.807, 2.05) is 13.8 Å². The molecular formula is C23H49O3PS. The highest BCUT2D eigenvalue weighted by Crippen LogP contribution is 2.45. The summed E-state index contributed by atoms with van der Waals surface area (Å²) in [6, 6.07) is 0. The Hall–Kier alpha value is 0.530. The second-order valence-corrected chi connectivity index (χ2v) is 11.4. The Morgan fingerprint density at radius 2 is 1.11 bits per heavy atom. The van der Waals surface area contributed by atoms with Crippen LogP contribution in [-0.2, 0) is 20.9 Å². The van der Waals surface area contributed by atoms with Gasteiger partial charge in [0.15, 0.2) is 0 Å². The third-order valence-electron chi connectivity index (χ3n) is 5.25. The van der Waals surface area contributed by atoms with E-state index in [1.54, 1.807) is 0 Å². The van der Waals surface area contributed by atoms with Gasteiger partial charge in [-0.1, -0.05) is 104 Å². The second-order valence-electron chi connectivity index (χ2n) is 8.60. The van der Waals surface area contributed by atoms with E-state index in [2.05, 4.69) is 13.8 Å². The number of hydrogen-bond acceptors (Lipinski definition) is 3. The summed E-state index contributed by atoms with van der Waals surface area (Å²) in [5.41, 5.74) is 0. The standard InChI is InChI=1S/C23H49O3PS/c1-5-7-9-11-13-14-16-18-20-23(19-17-15-12-10-8-6-2)21-25-27(24,28)26-22(3)4/h22-23H,5-21H2,1-4H3,(H,24,28). The van der Waals surface area contributed by atoms with Gasteiger partial charge in [0.05, 0.1) is 12.7 Å². The smallest absolute Gasteiger partial charge is 0.324 e. The molecule has 0 aromatic carbocycles. The van der Waals surface area contributed by atoms with Gasteiger partial charge in [-0.25, -0.2) is 0 Å². The molecule has 0 bridgehead atoms. The molecule has 0 saturated heterocycles. The van der Waals surface area contributed by atoms with Gasteiger partial charge in [-0.2, -0.15) is 0 Å². The van der Waals surface area contributed by atoms with Crippen LogP contribution in [0.25, 0.3) is 0 Å². The molecule has 0 aromatic heterocycles. The molecule has 0 amide bonds. The number of hydrogen-bond donors (Lipinski definition) is 1. The number of rotatable bonds is 21. The van der Waals surface area contributed by atoms with Gasteiger partial charge >= 0.3 is 6.72 Å². The van der Waals surface area contributed by atoms with Crippen LogP contribution in [0.2, 0.25) is 0 Å². The summed E-state index contributed by atoms with van der Waals surface area (Å²) in [4.78, 5) is 10.2. The largest absolute Gasteiger partial charge is 0.324 e. The molecular weight excluding hydrogens is 387 g/mol. The molecule has 0 aliphatic carbocycles.